The number of hydrogen-bond acceptors (Lipinski definition) is 3. The van der Waals surface area contributed by atoms with Crippen LogP contribution in [0, 0.1) is 0 Å². The number of aromatic nitrogens is 1. The zero-order chi connectivity index (χ0) is 14.8. The molecule has 0 saturated carbocycles. The van der Waals surface area contributed by atoms with Gasteiger partial charge in [-0.1, -0.05) is 24.3 Å². The molecule has 1 saturated heterocycles. The maximum atomic E-state index is 12.5. The molecular weight excluding hydrogens is 266 g/mol. The summed E-state index contributed by atoms with van der Waals surface area (Å²) in [5.74, 6) is -0.00474. The van der Waals surface area contributed by atoms with Crippen LogP contribution in [0.4, 0.5) is 0 Å². The number of piperazine rings is 1. The summed E-state index contributed by atoms with van der Waals surface area (Å²) in [5.41, 5.74) is 1.29. The maximum Gasteiger partial charge on any atom is 0.272 e. The third kappa shape index (κ3) is 2.72. The first kappa shape index (κ1) is 13.5. The molecule has 21 heavy (non-hydrogen) atoms. The highest BCUT2D eigenvalue weighted by molar-refractivity contribution is 5.95. The highest BCUT2D eigenvalue weighted by atomic mass is 16.2. The molecule has 1 aromatic carbocycles. The number of nitrogens with zero attached hydrogens (tertiary/aromatic N) is 3. The molecule has 2 amide bonds. The van der Waals surface area contributed by atoms with Crippen molar-refractivity contribution in [2.75, 3.05) is 26.2 Å². The zero-order valence-corrected chi connectivity index (χ0v) is 12.0. The monoisotopic (exact) mass is 283 g/mol. The predicted molar refractivity (Wildman–Crippen MR) is 79.9 cm³/mol. The molecule has 5 nitrogen and oxygen atoms in total. The lowest BCUT2D eigenvalue weighted by molar-refractivity contribution is -0.130. The van der Waals surface area contributed by atoms with E-state index in [4.69, 9.17) is 0 Å². The van der Waals surface area contributed by atoms with Gasteiger partial charge in [0.25, 0.3) is 5.91 Å². The number of rotatable bonds is 1. The normalized spacial score (nSPS) is 15.3. The highest BCUT2D eigenvalue weighted by Gasteiger charge is 2.23. The van der Waals surface area contributed by atoms with E-state index in [2.05, 4.69) is 4.98 Å². The van der Waals surface area contributed by atoms with Crippen molar-refractivity contribution in [1.82, 2.24) is 14.8 Å². The van der Waals surface area contributed by atoms with E-state index in [0.717, 1.165) is 10.9 Å². The number of hydrogen-bond donors (Lipinski definition) is 0. The lowest BCUT2D eigenvalue weighted by Gasteiger charge is -2.34. The van der Waals surface area contributed by atoms with Crippen molar-refractivity contribution in [3.8, 4) is 0 Å². The van der Waals surface area contributed by atoms with Crippen LogP contribution in [-0.2, 0) is 4.79 Å². The second kappa shape index (κ2) is 5.52. The fraction of sp³-hybridized carbons (Fsp3) is 0.312. The SMILES string of the molecule is CC(=O)N1CCN(C(=O)c2ccc3ccccc3n2)CC1. The Kier molecular flexibility index (Phi) is 3.56. The summed E-state index contributed by atoms with van der Waals surface area (Å²) in [6.07, 6.45) is 0. The Balaban J connectivity index is 1.76. The molecule has 0 atom stereocenters. The standard InChI is InChI=1S/C16H17N3O2/c1-12(20)18-8-10-19(11-9-18)16(21)15-7-6-13-4-2-3-5-14(13)17-15/h2-7H,8-11H2,1H3. The van der Waals surface area contributed by atoms with Gasteiger partial charge in [-0.15, -0.1) is 0 Å². The second-order valence-corrected chi connectivity index (χ2v) is 5.19. The van der Waals surface area contributed by atoms with Crippen LogP contribution in [0.5, 0.6) is 0 Å². The molecule has 2 heterocycles. The van der Waals surface area contributed by atoms with Crippen molar-refractivity contribution in [2.24, 2.45) is 0 Å². The summed E-state index contributed by atoms with van der Waals surface area (Å²) < 4.78 is 0. The molecule has 2 aromatic rings. The second-order valence-electron chi connectivity index (χ2n) is 5.19. The zero-order valence-electron chi connectivity index (χ0n) is 12.0. The Morgan fingerprint density at radius 3 is 2.33 bits per heavy atom. The van der Waals surface area contributed by atoms with Crippen LogP contribution in [0.15, 0.2) is 36.4 Å². The van der Waals surface area contributed by atoms with E-state index in [0.29, 0.717) is 31.9 Å². The number of fused-ring (bicyclic) bond motifs is 1. The predicted octanol–water partition coefficient (Wildman–Crippen LogP) is 1.54. The first-order valence-electron chi connectivity index (χ1n) is 7.06. The van der Waals surface area contributed by atoms with Gasteiger partial charge >= 0.3 is 0 Å². The van der Waals surface area contributed by atoms with Crippen molar-refractivity contribution in [2.45, 2.75) is 6.92 Å². The van der Waals surface area contributed by atoms with Crippen molar-refractivity contribution >= 4 is 22.7 Å². The number of carbonyl (C=O) groups excluding carboxylic acids is 2. The van der Waals surface area contributed by atoms with Crippen LogP contribution in [0.1, 0.15) is 17.4 Å². The van der Waals surface area contributed by atoms with E-state index in [-0.39, 0.29) is 11.8 Å². The number of para-hydroxylation sites is 1. The van der Waals surface area contributed by atoms with E-state index in [9.17, 15) is 9.59 Å². The van der Waals surface area contributed by atoms with Crippen molar-refractivity contribution < 1.29 is 9.59 Å². The molecule has 0 N–H and O–H groups in total. The molecule has 0 spiro atoms. The third-order valence-electron chi connectivity index (χ3n) is 3.83. The fourth-order valence-electron chi connectivity index (χ4n) is 2.57. The molecule has 5 heteroatoms. The Labute approximate surface area is 123 Å². The molecule has 1 aromatic heterocycles. The Morgan fingerprint density at radius 2 is 1.62 bits per heavy atom. The van der Waals surface area contributed by atoms with E-state index in [1.165, 1.54) is 0 Å². The summed E-state index contributed by atoms with van der Waals surface area (Å²) in [6, 6.07) is 11.4. The summed E-state index contributed by atoms with van der Waals surface area (Å²) in [5, 5.41) is 1.02. The number of amides is 2. The molecule has 108 valence electrons. The van der Waals surface area contributed by atoms with Gasteiger partial charge in [-0.2, -0.15) is 0 Å². The average Bonchev–Trinajstić information content (AvgIpc) is 2.54. The minimum absolute atomic E-state index is 0.0610. The van der Waals surface area contributed by atoms with Gasteiger partial charge < -0.3 is 9.80 Å². The van der Waals surface area contributed by atoms with Crippen LogP contribution >= 0.6 is 0 Å². The van der Waals surface area contributed by atoms with Gasteiger partial charge in [0, 0.05) is 38.5 Å². The van der Waals surface area contributed by atoms with Gasteiger partial charge in [0.15, 0.2) is 0 Å². The van der Waals surface area contributed by atoms with Crippen LogP contribution in [0.3, 0.4) is 0 Å². The summed E-state index contributed by atoms with van der Waals surface area (Å²) in [4.78, 5) is 31.7. The average molecular weight is 283 g/mol. The van der Waals surface area contributed by atoms with Gasteiger partial charge in [-0.3, -0.25) is 9.59 Å². The topological polar surface area (TPSA) is 53.5 Å². The van der Waals surface area contributed by atoms with Gasteiger partial charge in [0.05, 0.1) is 5.52 Å². The highest BCUT2D eigenvalue weighted by Crippen LogP contribution is 2.14. The molecule has 0 aliphatic carbocycles. The minimum Gasteiger partial charge on any atom is -0.339 e. The first-order valence-corrected chi connectivity index (χ1v) is 7.06. The number of carbonyl (C=O) groups is 2. The first-order chi connectivity index (χ1) is 10.1. The largest absolute Gasteiger partial charge is 0.339 e. The van der Waals surface area contributed by atoms with Crippen LogP contribution in [0.2, 0.25) is 0 Å². The Bertz CT molecular complexity index is 691. The molecule has 1 fully saturated rings. The summed E-state index contributed by atoms with van der Waals surface area (Å²) in [6.45, 7) is 3.87. The molecule has 1 aliphatic heterocycles. The van der Waals surface area contributed by atoms with Gasteiger partial charge in [0.1, 0.15) is 5.69 Å². The van der Waals surface area contributed by atoms with Gasteiger partial charge in [0.2, 0.25) is 5.91 Å². The molecular formula is C16H17N3O2. The Morgan fingerprint density at radius 1 is 0.952 bits per heavy atom. The van der Waals surface area contributed by atoms with E-state index in [1.54, 1.807) is 22.8 Å². The quantitative estimate of drug-likeness (QED) is 0.797. The third-order valence-corrected chi connectivity index (χ3v) is 3.83. The molecule has 3 rings (SSSR count). The van der Waals surface area contributed by atoms with Crippen molar-refractivity contribution in [3.05, 3.63) is 42.1 Å². The van der Waals surface area contributed by atoms with Crippen LogP contribution in [-0.4, -0.2) is 52.8 Å². The van der Waals surface area contributed by atoms with Crippen molar-refractivity contribution in [3.63, 3.8) is 0 Å². The van der Waals surface area contributed by atoms with E-state index < -0.39 is 0 Å². The summed E-state index contributed by atoms with van der Waals surface area (Å²) in [7, 11) is 0. The summed E-state index contributed by atoms with van der Waals surface area (Å²) >= 11 is 0. The van der Waals surface area contributed by atoms with E-state index in [1.807, 2.05) is 30.3 Å². The number of benzene rings is 1. The minimum atomic E-state index is -0.0658. The maximum absolute atomic E-state index is 12.5. The van der Waals surface area contributed by atoms with Gasteiger partial charge in [-0.05, 0) is 12.1 Å². The van der Waals surface area contributed by atoms with Crippen LogP contribution in [0.25, 0.3) is 10.9 Å². The lowest BCUT2D eigenvalue weighted by Crippen LogP contribution is -2.50. The molecule has 1 aliphatic rings. The lowest BCUT2D eigenvalue weighted by atomic mass is 10.2. The van der Waals surface area contributed by atoms with Gasteiger partial charge in [-0.25, -0.2) is 4.98 Å². The fourth-order valence-corrected chi connectivity index (χ4v) is 2.57. The smallest absolute Gasteiger partial charge is 0.272 e. The molecule has 0 unspecified atom stereocenters. The van der Waals surface area contributed by atoms with Crippen LogP contribution < -0.4 is 0 Å². The Hall–Kier alpha value is -2.43. The van der Waals surface area contributed by atoms with Crippen molar-refractivity contribution in [1.29, 1.82) is 0 Å². The van der Waals surface area contributed by atoms with E-state index >= 15 is 0 Å². The molecule has 0 radical (unpaired) electrons. The molecule has 0 bridgehead atoms. The number of pyridine rings is 1.